The Kier molecular flexibility index (Phi) is 6.13. The molecule has 1 atom stereocenters. The fourth-order valence-electron chi connectivity index (χ4n) is 3.25. The van der Waals surface area contributed by atoms with Crippen LogP contribution < -0.4 is 5.32 Å². The van der Waals surface area contributed by atoms with Crippen LogP contribution in [0.4, 0.5) is 5.69 Å². The maximum Gasteiger partial charge on any atom is 0.144 e. The van der Waals surface area contributed by atoms with Crippen LogP contribution in [0.25, 0.3) is 10.9 Å². The summed E-state index contributed by atoms with van der Waals surface area (Å²) in [5, 5.41) is 25.2. The van der Waals surface area contributed by atoms with E-state index in [1.54, 1.807) is 37.0 Å². The van der Waals surface area contributed by atoms with Gasteiger partial charge in [-0.05, 0) is 48.9 Å². The summed E-state index contributed by atoms with van der Waals surface area (Å²) < 4.78 is 0. The molecular weight excluding hydrogens is 416 g/mol. The van der Waals surface area contributed by atoms with E-state index in [0.29, 0.717) is 22.8 Å². The Hall–Kier alpha value is -2.73. The average molecular weight is 437 g/mol. The molecule has 4 nitrogen and oxygen atoms in total. The minimum atomic E-state index is -0.811. The average Bonchev–Trinajstić information content (AvgIpc) is 2.74. The molecule has 30 heavy (non-hydrogen) atoms. The molecule has 0 amide bonds. The number of nitrogens with zero attached hydrogens (tertiary/aromatic N) is 1. The molecule has 4 rings (SSSR count). The highest BCUT2D eigenvalue weighted by Crippen LogP contribution is 2.37. The van der Waals surface area contributed by atoms with Gasteiger partial charge < -0.3 is 15.5 Å². The molecule has 0 aliphatic carbocycles. The molecule has 1 heterocycles. The fraction of sp³-hybridized carbons (Fsp3) is 0.125. The number of nitrogens with one attached hydrogen (secondary N) is 1. The molecule has 0 bridgehead atoms. The number of aliphatic hydroxyl groups excluding tert-OH is 1. The SMILES string of the molecule is CC(O)c1cc(Cl)cc(NCc2ccccc2Sc2ccc3cccnc3c2)c1O. The standard InChI is InChI=1S/C24H21ClN2O2S/c1-15(28)20-11-18(25)12-22(24(20)29)27-14-17-5-2-3-7-23(17)30-19-9-8-16-6-4-10-26-21(16)13-19/h2-13,15,27-29H,14H2,1H3. The number of phenols is 1. The highest BCUT2D eigenvalue weighted by molar-refractivity contribution is 7.99. The topological polar surface area (TPSA) is 65.4 Å². The zero-order chi connectivity index (χ0) is 21.1. The van der Waals surface area contributed by atoms with Crippen molar-refractivity contribution in [3.8, 4) is 5.75 Å². The minimum absolute atomic E-state index is 0.0140. The van der Waals surface area contributed by atoms with Crippen LogP contribution >= 0.6 is 23.4 Å². The molecular formula is C24H21ClN2O2S. The third-order valence-electron chi connectivity index (χ3n) is 4.80. The van der Waals surface area contributed by atoms with E-state index < -0.39 is 6.10 Å². The fourth-order valence-corrected chi connectivity index (χ4v) is 4.46. The number of anilines is 1. The number of aliphatic hydroxyl groups is 1. The van der Waals surface area contributed by atoms with Gasteiger partial charge in [0.2, 0.25) is 0 Å². The summed E-state index contributed by atoms with van der Waals surface area (Å²) in [6.07, 6.45) is 0.988. The molecule has 4 aromatic rings. The Morgan fingerprint density at radius 2 is 1.90 bits per heavy atom. The van der Waals surface area contributed by atoms with Crippen molar-refractivity contribution < 1.29 is 10.2 Å². The number of aromatic hydroxyl groups is 1. The number of hydrogen-bond acceptors (Lipinski definition) is 5. The number of aromatic nitrogens is 1. The van der Waals surface area contributed by atoms with Crippen molar-refractivity contribution in [3.63, 3.8) is 0 Å². The second-order valence-corrected chi connectivity index (χ2v) is 8.54. The van der Waals surface area contributed by atoms with Gasteiger partial charge in [-0.1, -0.05) is 53.7 Å². The summed E-state index contributed by atoms with van der Waals surface area (Å²) in [5.74, 6) is 0.0140. The molecule has 0 saturated carbocycles. The van der Waals surface area contributed by atoms with Crippen LogP contribution in [0.1, 0.15) is 24.2 Å². The smallest absolute Gasteiger partial charge is 0.144 e. The summed E-state index contributed by atoms with van der Waals surface area (Å²) in [5.41, 5.74) is 2.94. The van der Waals surface area contributed by atoms with Crippen molar-refractivity contribution in [2.75, 3.05) is 5.32 Å². The van der Waals surface area contributed by atoms with E-state index in [0.717, 1.165) is 26.3 Å². The number of halogens is 1. The Balaban J connectivity index is 1.57. The molecule has 3 N–H and O–H groups in total. The van der Waals surface area contributed by atoms with Crippen LogP contribution in [0.3, 0.4) is 0 Å². The predicted molar refractivity (Wildman–Crippen MR) is 123 cm³/mol. The number of rotatable bonds is 6. The van der Waals surface area contributed by atoms with Crippen LogP contribution in [-0.4, -0.2) is 15.2 Å². The molecule has 0 fully saturated rings. The van der Waals surface area contributed by atoms with E-state index in [4.69, 9.17) is 11.6 Å². The van der Waals surface area contributed by atoms with E-state index in [1.165, 1.54) is 0 Å². The van der Waals surface area contributed by atoms with Crippen molar-refractivity contribution in [3.05, 3.63) is 89.1 Å². The van der Waals surface area contributed by atoms with Crippen molar-refractivity contribution in [2.45, 2.75) is 29.4 Å². The van der Waals surface area contributed by atoms with Gasteiger partial charge in [-0.2, -0.15) is 0 Å². The predicted octanol–water partition coefficient (Wildman–Crippen LogP) is 6.41. The van der Waals surface area contributed by atoms with E-state index in [1.807, 2.05) is 30.3 Å². The largest absolute Gasteiger partial charge is 0.505 e. The molecule has 6 heteroatoms. The van der Waals surface area contributed by atoms with Crippen LogP contribution in [-0.2, 0) is 6.54 Å². The van der Waals surface area contributed by atoms with Gasteiger partial charge in [-0.15, -0.1) is 0 Å². The van der Waals surface area contributed by atoms with Gasteiger partial charge in [0.15, 0.2) is 0 Å². The van der Waals surface area contributed by atoms with Gasteiger partial charge >= 0.3 is 0 Å². The number of fused-ring (bicyclic) bond motifs is 1. The van der Waals surface area contributed by atoms with E-state index in [2.05, 4.69) is 34.6 Å². The maximum atomic E-state index is 10.5. The molecule has 1 aromatic heterocycles. The van der Waals surface area contributed by atoms with Crippen molar-refractivity contribution >= 4 is 40.0 Å². The zero-order valence-electron chi connectivity index (χ0n) is 16.3. The first kappa shape index (κ1) is 20.5. The highest BCUT2D eigenvalue weighted by Gasteiger charge is 2.14. The summed E-state index contributed by atoms with van der Waals surface area (Å²) >= 11 is 7.83. The number of phenolic OH excluding ortho intramolecular Hbond substituents is 1. The molecule has 152 valence electrons. The molecule has 0 aliphatic heterocycles. The lowest BCUT2D eigenvalue weighted by molar-refractivity contribution is 0.195. The van der Waals surface area contributed by atoms with E-state index in [9.17, 15) is 10.2 Å². The Labute approximate surface area is 184 Å². The quantitative estimate of drug-likeness (QED) is 0.305. The molecule has 3 aromatic carbocycles. The van der Waals surface area contributed by atoms with Crippen LogP contribution in [0.15, 0.2) is 82.7 Å². The van der Waals surface area contributed by atoms with Gasteiger partial charge in [0, 0.05) is 38.5 Å². The lowest BCUT2D eigenvalue weighted by Gasteiger charge is -2.16. The van der Waals surface area contributed by atoms with E-state index in [-0.39, 0.29) is 5.75 Å². The molecule has 1 unspecified atom stereocenters. The lowest BCUT2D eigenvalue weighted by Crippen LogP contribution is -2.03. The summed E-state index contributed by atoms with van der Waals surface area (Å²) in [6.45, 7) is 2.10. The van der Waals surface area contributed by atoms with Gasteiger partial charge in [-0.3, -0.25) is 4.98 Å². The monoisotopic (exact) mass is 436 g/mol. The zero-order valence-corrected chi connectivity index (χ0v) is 17.9. The maximum absolute atomic E-state index is 10.5. The second-order valence-electron chi connectivity index (χ2n) is 6.99. The number of hydrogen-bond donors (Lipinski definition) is 3. The van der Waals surface area contributed by atoms with Gasteiger partial charge in [0.25, 0.3) is 0 Å². The first-order valence-electron chi connectivity index (χ1n) is 9.56. The van der Waals surface area contributed by atoms with Crippen LogP contribution in [0.2, 0.25) is 5.02 Å². The molecule has 0 spiro atoms. The van der Waals surface area contributed by atoms with Gasteiger partial charge in [-0.25, -0.2) is 0 Å². The Morgan fingerprint density at radius 3 is 2.73 bits per heavy atom. The van der Waals surface area contributed by atoms with E-state index >= 15 is 0 Å². The number of benzene rings is 3. The normalized spacial score (nSPS) is 12.1. The van der Waals surface area contributed by atoms with Crippen molar-refractivity contribution in [1.82, 2.24) is 4.98 Å². The Bertz CT molecular complexity index is 1200. The third-order valence-corrected chi connectivity index (χ3v) is 6.13. The lowest BCUT2D eigenvalue weighted by atomic mass is 10.1. The first-order valence-corrected chi connectivity index (χ1v) is 10.8. The second kappa shape index (κ2) is 8.96. The highest BCUT2D eigenvalue weighted by atomic mass is 35.5. The summed E-state index contributed by atoms with van der Waals surface area (Å²) in [6, 6.07) is 21.6. The van der Waals surface area contributed by atoms with Gasteiger partial charge in [0.05, 0.1) is 17.3 Å². The van der Waals surface area contributed by atoms with Crippen LogP contribution in [0.5, 0.6) is 5.75 Å². The molecule has 0 aliphatic rings. The van der Waals surface area contributed by atoms with Crippen molar-refractivity contribution in [1.29, 1.82) is 0 Å². The third kappa shape index (κ3) is 4.54. The Morgan fingerprint density at radius 1 is 1.07 bits per heavy atom. The summed E-state index contributed by atoms with van der Waals surface area (Å²) in [4.78, 5) is 6.65. The number of pyridine rings is 1. The van der Waals surface area contributed by atoms with Crippen LogP contribution in [0, 0.1) is 0 Å². The molecule has 0 radical (unpaired) electrons. The van der Waals surface area contributed by atoms with Crippen molar-refractivity contribution in [2.24, 2.45) is 0 Å². The van der Waals surface area contributed by atoms with Gasteiger partial charge in [0.1, 0.15) is 5.75 Å². The minimum Gasteiger partial charge on any atom is -0.505 e. The first-order chi connectivity index (χ1) is 14.5. The molecule has 0 saturated heterocycles. The summed E-state index contributed by atoms with van der Waals surface area (Å²) in [7, 11) is 0.